The largest absolute Gasteiger partial charge is 0.309 e. The van der Waals surface area contributed by atoms with Crippen molar-refractivity contribution in [1.82, 2.24) is 15.0 Å². The molecule has 1 aliphatic rings. The molecule has 3 heterocycles. The number of benzene rings is 2. The van der Waals surface area contributed by atoms with Gasteiger partial charge in [-0.15, -0.1) is 0 Å². The number of fused-ring (bicyclic) bond motifs is 2. The predicted octanol–water partition coefficient (Wildman–Crippen LogP) is 4.88. The second kappa shape index (κ2) is 7.26. The summed E-state index contributed by atoms with van der Waals surface area (Å²) in [5.41, 5.74) is 5.72. The fourth-order valence-corrected chi connectivity index (χ4v) is 4.08. The number of hydrogen-bond donors (Lipinski definition) is 1. The first-order chi connectivity index (χ1) is 14.6. The highest BCUT2D eigenvalue weighted by Crippen LogP contribution is 2.36. The zero-order chi connectivity index (χ0) is 20.7. The Balaban J connectivity index is 1.58. The maximum Gasteiger partial charge on any atom is 0.262 e. The van der Waals surface area contributed by atoms with Crippen LogP contribution in [0.3, 0.4) is 0 Å². The highest BCUT2D eigenvalue weighted by molar-refractivity contribution is 5.88. The van der Waals surface area contributed by atoms with Crippen molar-refractivity contribution in [2.75, 3.05) is 4.90 Å². The molecule has 0 amide bonds. The van der Waals surface area contributed by atoms with E-state index in [9.17, 15) is 4.79 Å². The van der Waals surface area contributed by atoms with Gasteiger partial charge in [0, 0.05) is 17.9 Å². The van der Waals surface area contributed by atoms with Crippen molar-refractivity contribution in [2.24, 2.45) is 0 Å². The number of aromatic amines is 1. The van der Waals surface area contributed by atoms with E-state index in [1.807, 2.05) is 30.4 Å². The number of nitrogens with one attached hydrogen (secondary N) is 1. The SMILES string of the molecule is Cc1ccc(/C=C/c2ccnc3nc(N4c5ccccc5CC4C)[nH]c(=O)c23)cc1. The molecule has 5 heteroatoms. The van der Waals surface area contributed by atoms with Gasteiger partial charge in [-0.05, 0) is 49.1 Å². The van der Waals surface area contributed by atoms with E-state index < -0.39 is 0 Å². The average Bonchev–Trinajstić information content (AvgIpc) is 3.08. The Labute approximate surface area is 174 Å². The van der Waals surface area contributed by atoms with Gasteiger partial charge in [-0.1, -0.05) is 60.2 Å². The number of pyridine rings is 1. The number of rotatable bonds is 3. The number of aryl methyl sites for hydroxylation is 1. The first-order valence-electron chi connectivity index (χ1n) is 10.1. The number of para-hydroxylation sites is 1. The third kappa shape index (κ3) is 3.18. The van der Waals surface area contributed by atoms with Gasteiger partial charge in [0.15, 0.2) is 5.65 Å². The molecule has 1 aliphatic heterocycles. The van der Waals surface area contributed by atoms with Crippen molar-refractivity contribution >= 4 is 34.8 Å². The van der Waals surface area contributed by atoms with E-state index in [0.29, 0.717) is 17.0 Å². The smallest absolute Gasteiger partial charge is 0.262 e. The minimum absolute atomic E-state index is 0.178. The van der Waals surface area contributed by atoms with Crippen molar-refractivity contribution in [3.8, 4) is 0 Å². The Bertz CT molecular complexity index is 1320. The quantitative estimate of drug-likeness (QED) is 0.538. The molecule has 0 saturated heterocycles. The summed E-state index contributed by atoms with van der Waals surface area (Å²) >= 11 is 0. The predicted molar refractivity (Wildman–Crippen MR) is 122 cm³/mol. The summed E-state index contributed by atoms with van der Waals surface area (Å²) in [6.45, 7) is 4.20. The van der Waals surface area contributed by atoms with Gasteiger partial charge >= 0.3 is 0 Å². The van der Waals surface area contributed by atoms with Crippen LogP contribution in [0.2, 0.25) is 0 Å². The summed E-state index contributed by atoms with van der Waals surface area (Å²) in [4.78, 5) is 27.3. The van der Waals surface area contributed by atoms with Crippen molar-refractivity contribution in [3.63, 3.8) is 0 Å². The summed E-state index contributed by atoms with van der Waals surface area (Å²) in [6, 6.07) is 18.6. The van der Waals surface area contributed by atoms with Gasteiger partial charge in [-0.25, -0.2) is 4.98 Å². The van der Waals surface area contributed by atoms with Crippen LogP contribution in [0.1, 0.15) is 29.2 Å². The summed E-state index contributed by atoms with van der Waals surface area (Å²) in [5, 5.41) is 0.504. The van der Waals surface area contributed by atoms with Gasteiger partial charge < -0.3 is 4.90 Å². The minimum atomic E-state index is -0.178. The monoisotopic (exact) mass is 394 g/mol. The van der Waals surface area contributed by atoms with Gasteiger partial charge in [0.05, 0.1) is 5.39 Å². The summed E-state index contributed by atoms with van der Waals surface area (Å²) in [6.07, 6.45) is 6.57. The zero-order valence-electron chi connectivity index (χ0n) is 17.0. The van der Waals surface area contributed by atoms with Crippen molar-refractivity contribution in [2.45, 2.75) is 26.3 Å². The van der Waals surface area contributed by atoms with Gasteiger partial charge in [0.2, 0.25) is 5.95 Å². The molecule has 4 aromatic rings. The molecule has 1 atom stereocenters. The van der Waals surface area contributed by atoms with E-state index in [4.69, 9.17) is 4.98 Å². The van der Waals surface area contributed by atoms with Crippen LogP contribution in [0.5, 0.6) is 0 Å². The van der Waals surface area contributed by atoms with E-state index >= 15 is 0 Å². The Hall–Kier alpha value is -3.73. The van der Waals surface area contributed by atoms with Crippen molar-refractivity contribution < 1.29 is 0 Å². The molecule has 5 nitrogen and oxygen atoms in total. The van der Waals surface area contributed by atoms with Crippen LogP contribution < -0.4 is 10.5 Å². The summed E-state index contributed by atoms with van der Waals surface area (Å²) in [7, 11) is 0. The molecule has 1 unspecified atom stereocenters. The van der Waals surface area contributed by atoms with Gasteiger partial charge in [-0.3, -0.25) is 9.78 Å². The highest BCUT2D eigenvalue weighted by atomic mass is 16.1. The lowest BCUT2D eigenvalue weighted by molar-refractivity contribution is 0.740. The van der Waals surface area contributed by atoms with Gasteiger partial charge in [0.1, 0.15) is 0 Å². The van der Waals surface area contributed by atoms with Crippen molar-refractivity contribution in [3.05, 3.63) is 93.4 Å². The number of H-pyrrole nitrogens is 1. The molecule has 2 aromatic heterocycles. The molecular formula is C25H22N4O. The average molecular weight is 394 g/mol. The number of aromatic nitrogens is 3. The van der Waals surface area contributed by atoms with Crippen LogP contribution in [-0.4, -0.2) is 21.0 Å². The fraction of sp³-hybridized carbons (Fsp3) is 0.160. The molecule has 30 heavy (non-hydrogen) atoms. The number of hydrogen-bond acceptors (Lipinski definition) is 4. The molecule has 5 rings (SSSR count). The normalized spacial score (nSPS) is 15.8. The molecule has 0 fully saturated rings. The molecule has 0 aliphatic carbocycles. The van der Waals surface area contributed by atoms with E-state index in [-0.39, 0.29) is 11.6 Å². The maximum absolute atomic E-state index is 13.1. The topological polar surface area (TPSA) is 61.9 Å². The lowest BCUT2D eigenvalue weighted by Gasteiger charge is -2.23. The van der Waals surface area contributed by atoms with Crippen molar-refractivity contribution in [1.29, 1.82) is 0 Å². The second-order valence-electron chi connectivity index (χ2n) is 7.78. The Morgan fingerprint density at radius 3 is 2.70 bits per heavy atom. The third-order valence-corrected chi connectivity index (χ3v) is 5.60. The molecular weight excluding hydrogens is 372 g/mol. The first-order valence-corrected chi connectivity index (χ1v) is 10.1. The lowest BCUT2D eigenvalue weighted by atomic mass is 10.1. The summed E-state index contributed by atoms with van der Waals surface area (Å²) in [5.74, 6) is 0.539. The Kier molecular flexibility index (Phi) is 4.43. The van der Waals surface area contributed by atoms with Crippen LogP contribution in [0, 0.1) is 6.92 Å². The molecule has 0 bridgehead atoms. The molecule has 0 spiro atoms. The van der Waals surface area contributed by atoms with Gasteiger partial charge in [0.25, 0.3) is 5.56 Å². The number of anilines is 2. The lowest BCUT2D eigenvalue weighted by Crippen LogP contribution is -2.28. The number of nitrogens with zero attached hydrogens (tertiary/aromatic N) is 3. The molecule has 0 radical (unpaired) electrons. The van der Waals surface area contributed by atoms with Crippen LogP contribution in [0.4, 0.5) is 11.6 Å². The zero-order valence-corrected chi connectivity index (χ0v) is 17.0. The summed E-state index contributed by atoms with van der Waals surface area (Å²) < 4.78 is 0. The highest BCUT2D eigenvalue weighted by Gasteiger charge is 2.28. The molecule has 0 saturated carbocycles. The van der Waals surface area contributed by atoms with E-state index in [2.05, 4.69) is 65.1 Å². The van der Waals surface area contributed by atoms with Crippen LogP contribution in [0.25, 0.3) is 23.2 Å². The molecule has 148 valence electrons. The van der Waals surface area contributed by atoms with Crippen LogP contribution in [-0.2, 0) is 6.42 Å². The maximum atomic E-state index is 13.1. The standard InChI is InChI=1S/C25H22N4O/c1-16-7-9-18(10-8-16)11-12-19-13-14-26-23-22(19)24(30)28-25(27-23)29-17(2)15-20-5-3-4-6-21(20)29/h3-14,17H,15H2,1-2H3,(H,26,27,28,30)/b12-11+. The van der Waals surface area contributed by atoms with E-state index in [1.165, 1.54) is 11.1 Å². The third-order valence-electron chi connectivity index (χ3n) is 5.60. The van der Waals surface area contributed by atoms with Crippen LogP contribution >= 0.6 is 0 Å². The molecule has 2 aromatic carbocycles. The minimum Gasteiger partial charge on any atom is -0.309 e. The van der Waals surface area contributed by atoms with Gasteiger partial charge in [-0.2, -0.15) is 4.98 Å². The fourth-order valence-electron chi connectivity index (χ4n) is 4.08. The Morgan fingerprint density at radius 1 is 1.07 bits per heavy atom. The van der Waals surface area contributed by atoms with E-state index in [1.54, 1.807) is 6.20 Å². The Morgan fingerprint density at radius 2 is 1.87 bits per heavy atom. The van der Waals surface area contributed by atoms with E-state index in [0.717, 1.165) is 23.2 Å². The second-order valence-corrected chi connectivity index (χ2v) is 7.78. The molecule has 1 N–H and O–H groups in total. The van der Waals surface area contributed by atoms with Crippen LogP contribution in [0.15, 0.2) is 65.6 Å². The first kappa shape index (κ1) is 18.3.